The van der Waals surface area contributed by atoms with Gasteiger partial charge in [0.05, 0.1) is 7.11 Å². The van der Waals surface area contributed by atoms with E-state index in [1.807, 2.05) is 7.11 Å². The summed E-state index contributed by atoms with van der Waals surface area (Å²) in [5, 5.41) is 0.190. The summed E-state index contributed by atoms with van der Waals surface area (Å²) in [6, 6.07) is 6.43. The zero-order chi connectivity index (χ0) is 19.4. The highest BCUT2D eigenvalue weighted by atomic mass is 79.9. The Hall–Kier alpha value is -0.743. The quantitative estimate of drug-likeness (QED) is 0.371. The van der Waals surface area contributed by atoms with Gasteiger partial charge in [-0.15, -0.1) is 0 Å². The molecule has 0 bridgehead atoms. The van der Waals surface area contributed by atoms with Crippen molar-refractivity contribution in [3.63, 3.8) is 0 Å². The van der Waals surface area contributed by atoms with Gasteiger partial charge in [-0.2, -0.15) is 0 Å². The van der Waals surface area contributed by atoms with Gasteiger partial charge < -0.3 is 9.16 Å². The topological polar surface area (TPSA) is 18.5 Å². The Morgan fingerprint density at radius 1 is 1.11 bits per heavy atom. The van der Waals surface area contributed by atoms with Gasteiger partial charge in [0.15, 0.2) is 0 Å². The van der Waals surface area contributed by atoms with Crippen LogP contribution in [0.2, 0.25) is 18.1 Å². The Morgan fingerprint density at radius 3 is 2.26 bits per heavy atom. The molecule has 0 N–H and O–H groups in total. The Labute approximate surface area is 173 Å². The highest BCUT2D eigenvalue weighted by molar-refractivity contribution is 9.10. The van der Waals surface area contributed by atoms with Gasteiger partial charge in [-0.25, -0.2) is 0 Å². The third kappa shape index (κ3) is 2.12. The zero-order valence-electron chi connectivity index (χ0n) is 17.4. The van der Waals surface area contributed by atoms with Gasteiger partial charge in [-0.05, 0) is 90.3 Å². The maximum absolute atomic E-state index is 6.57. The van der Waals surface area contributed by atoms with Crippen LogP contribution in [0.3, 0.4) is 0 Å². The highest BCUT2D eigenvalue weighted by Crippen LogP contribution is 2.89. The molecule has 0 radical (unpaired) electrons. The van der Waals surface area contributed by atoms with E-state index in [9.17, 15) is 0 Å². The molecule has 1 spiro atoms. The predicted octanol–water partition coefficient (Wildman–Crippen LogP) is 6.87. The number of rotatable bonds is 4. The molecule has 2 nitrogen and oxygen atoms in total. The third-order valence-electron chi connectivity index (χ3n) is 8.81. The van der Waals surface area contributed by atoms with Crippen LogP contribution in [0.15, 0.2) is 28.2 Å². The molecule has 0 aliphatic heterocycles. The van der Waals surface area contributed by atoms with Crippen molar-refractivity contribution in [2.45, 2.75) is 58.2 Å². The lowest BCUT2D eigenvalue weighted by molar-refractivity contribution is -0.337. The summed E-state index contributed by atoms with van der Waals surface area (Å²) < 4.78 is 13.7. The Morgan fingerprint density at radius 2 is 1.74 bits per heavy atom. The SMILES string of the molecule is COC(=C1C2CC3CC4CC1C342)c1cc(O[Si](C)(C)C(C)(C)C)ccc1Br. The van der Waals surface area contributed by atoms with Gasteiger partial charge in [-0.3, -0.25) is 0 Å². The van der Waals surface area contributed by atoms with Crippen LogP contribution in [-0.4, -0.2) is 15.4 Å². The largest absolute Gasteiger partial charge is 0.543 e. The molecule has 0 amide bonds. The lowest BCUT2D eigenvalue weighted by Gasteiger charge is -2.87. The van der Waals surface area contributed by atoms with E-state index in [0.717, 1.165) is 45.1 Å². The molecule has 1 aromatic rings. The van der Waals surface area contributed by atoms with E-state index in [2.05, 4.69) is 68.0 Å². The minimum Gasteiger partial charge on any atom is -0.543 e. The smallest absolute Gasteiger partial charge is 0.250 e. The number of hydrogen-bond acceptors (Lipinski definition) is 2. The molecule has 27 heavy (non-hydrogen) atoms. The van der Waals surface area contributed by atoms with E-state index in [1.54, 1.807) is 5.57 Å². The van der Waals surface area contributed by atoms with Crippen LogP contribution in [0.4, 0.5) is 0 Å². The molecule has 4 unspecified atom stereocenters. The standard InChI is InChI=1S/C23H31BrO2Si/c1-22(2,3)27(5,6)26-15-7-8-19(24)16(12-15)21(25-4)20-17-10-13-9-14-11-18(20)23(13,14)17/h7-8,12-14,17-18H,9-11H2,1-6H3. The molecule has 4 fully saturated rings. The van der Waals surface area contributed by atoms with Crippen molar-refractivity contribution in [2.75, 3.05) is 7.11 Å². The molecule has 1 aromatic carbocycles. The molecular formula is C23H31BrO2Si. The van der Waals surface area contributed by atoms with Gasteiger partial charge >= 0.3 is 0 Å². The fourth-order valence-corrected chi connectivity index (χ4v) is 7.84. The summed E-state index contributed by atoms with van der Waals surface area (Å²) in [4.78, 5) is 0. The lowest BCUT2D eigenvalue weighted by Crippen LogP contribution is -2.81. The molecule has 4 aliphatic carbocycles. The van der Waals surface area contributed by atoms with Crippen molar-refractivity contribution in [1.82, 2.24) is 0 Å². The summed E-state index contributed by atoms with van der Waals surface area (Å²) in [6.07, 6.45) is 4.29. The first-order valence-electron chi connectivity index (χ1n) is 10.4. The van der Waals surface area contributed by atoms with E-state index in [4.69, 9.17) is 9.16 Å². The van der Waals surface area contributed by atoms with Gasteiger partial charge in [0.25, 0.3) is 0 Å². The second-order valence-electron chi connectivity index (χ2n) is 10.7. The summed E-state index contributed by atoms with van der Waals surface area (Å²) in [5.41, 5.74) is 3.50. The maximum atomic E-state index is 6.57. The summed E-state index contributed by atoms with van der Waals surface area (Å²) in [6.45, 7) is 11.5. The fraction of sp³-hybridized carbons (Fsp3) is 0.652. The number of ether oxygens (including phenoxy) is 1. The van der Waals surface area contributed by atoms with Gasteiger partial charge in [0, 0.05) is 10.0 Å². The van der Waals surface area contributed by atoms with E-state index in [-0.39, 0.29) is 5.04 Å². The molecule has 146 valence electrons. The molecule has 0 heterocycles. The maximum Gasteiger partial charge on any atom is 0.250 e. The minimum absolute atomic E-state index is 0.190. The average Bonchev–Trinajstić information content (AvgIpc) is 2.49. The normalized spacial score (nSPS) is 35.6. The van der Waals surface area contributed by atoms with Crippen LogP contribution in [-0.2, 0) is 4.74 Å². The van der Waals surface area contributed by atoms with Crippen molar-refractivity contribution in [3.05, 3.63) is 33.8 Å². The molecule has 4 saturated carbocycles. The Bertz CT molecular complexity index is 826. The number of halogens is 1. The van der Waals surface area contributed by atoms with E-state index < -0.39 is 8.32 Å². The van der Waals surface area contributed by atoms with Gasteiger partial charge in [-0.1, -0.05) is 36.7 Å². The molecule has 4 heteroatoms. The molecule has 5 rings (SSSR count). The summed E-state index contributed by atoms with van der Waals surface area (Å²) in [7, 11) is -0.0143. The van der Waals surface area contributed by atoms with Crippen molar-refractivity contribution in [1.29, 1.82) is 0 Å². The molecule has 4 atom stereocenters. The molecular weight excluding hydrogens is 416 g/mol. The van der Waals surface area contributed by atoms with Gasteiger partial charge in [0.1, 0.15) is 11.5 Å². The highest BCUT2D eigenvalue weighted by Gasteiger charge is 2.83. The summed E-state index contributed by atoms with van der Waals surface area (Å²) >= 11 is 3.78. The van der Waals surface area contributed by atoms with Crippen LogP contribution in [0.5, 0.6) is 5.75 Å². The van der Waals surface area contributed by atoms with Crippen LogP contribution in [0.1, 0.15) is 45.6 Å². The predicted molar refractivity (Wildman–Crippen MR) is 116 cm³/mol. The summed E-state index contributed by atoms with van der Waals surface area (Å²) in [5.74, 6) is 5.76. The molecule has 4 aliphatic rings. The number of methoxy groups -OCH3 is 1. The van der Waals surface area contributed by atoms with Crippen LogP contribution < -0.4 is 4.43 Å². The Balaban J connectivity index is 1.49. The molecule has 0 aromatic heterocycles. The number of benzene rings is 1. The average molecular weight is 447 g/mol. The first kappa shape index (κ1) is 18.3. The van der Waals surface area contributed by atoms with Crippen LogP contribution >= 0.6 is 15.9 Å². The first-order valence-corrected chi connectivity index (χ1v) is 14.1. The lowest BCUT2D eigenvalue weighted by atomic mass is 9.17. The number of hydrogen-bond donors (Lipinski definition) is 0. The van der Waals surface area contributed by atoms with Crippen molar-refractivity contribution in [2.24, 2.45) is 29.1 Å². The van der Waals surface area contributed by atoms with Crippen LogP contribution in [0.25, 0.3) is 5.76 Å². The van der Waals surface area contributed by atoms with Crippen molar-refractivity contribution in [3.8, 4) is 5.75 Å². The van der Waals surface area contributed by atoms with E-state index in [1.165, 1.54) is 24.8 Å². The minimum atomic E-state index is -1.86. The van der Waals surface area contributed by atoms with Crippen molar-refractivity contribution >= 4 is 30.0 Å². The molecule has 0 saturated heterocycles. The zero-order valence-corrected chi connectivity index (χ0v) is 19.9. The fourth-order valence-electron chi connectivity index (χ4n) is 6.39. The van der Waals surface area contributed by atoms with Crippen LogP contribution in [0, 0.1) is 29.1 Å². The van der Waals surface area contributed by atoms with E-state index in [0.29, 0.717) is 0 Å². The first-order chi connectivity index (χ1) is 12.6. The van der Waals surface area contributed by atoms with E-state index >= 15 is 0 Å². The van der Waals surface area contributed by atoms with Gasteiger partial charge in [0.2, 0.25) is 8.32 Å². The van der Waals surface area contributed by atoms with Crippen molar-refractivity contribution < 1.29 is 9.16 Å². The monoisotopic (exact) mass is 446 g/mol. The number of allylic oxidation sites excluding steroid dienone is 1. The second kappa shape index (κ2) is 5.44. The second-order valence-corrected chi connectivity index (χ2v) is 16.3. The third-order valence-corrected chi connectivity index (χ3v) is 13.9. The Kier molecular flexibility index (Phi) is 3.69.